The molecule has 4 nitrogen and oxygen atoms in total. The van der Waals surface area contributed by atoms with Crippen LogP contribution in [0.15, 0.2) is 42.6 Å². The molecule has 0 saturated heterocycles. The fraction of sp³-hybridized carbons (Fsp3) is 0.375. The van der Waals surface area contributed by atoms with Crippen molar-refractivity contribution in [2.75, 3.05) is 11.9 Å². The van der Waals surface area contributed by atoms with Crippen LogP contribution in [0.4, 0.5) is 5.69 Å². The molecule has 1 aromatic heterocycles. The van der Waals surface area contributed by atoms with Crippen molar-refractivity contribution in [2.24, 2.45) is 0 Å². The highest BCUT2D eigenvalue weighted by Crippen LogP contribution is 2.50. The van der Waals surface area contributed by atoms with Crippen LogP contribution in [-0.2, 0) is 22.0 Å². The zero-order chi connectivity index (χ0) is 19.5. The topological polar surface area (TPSA) is 54.1 Å². The normalized spacial score (nSPS) is 17.2. The van der Waals surface area contributed by atoms with Gasteiger partial charge in [-0.25, -0.2) is 0 Å². The number of amides is 1. The monoisotopic (exact) mass is 374 g/mol. The van der Waals surface area contributed by atoms with E-state index in [9.17, 15) is 4.79 Å². The van der Waals surface area contributed by atoms with Gasteiger partial charge in [-0.15, -0.1) is 0 Å². The predicted molar refractivity (Wildman–Crippen MR) is 112 cm³/mol. The van der Waals surface area contributed by atoms with E-state index in [0.29, 0.717) is 0 Å². The molecule has 2 heterocycles. The molecule has 0 spiro atoms. The van der Waals surface area contributed by atoms with E-state index < -0.39 is 5.41 Å². The summed E-state index contributed by atoms with van der Waals surface area (Å²) in [7, 11) is 0. The van der Waals surface area contributed by atoms with Crippen molar-refractivity contribution in [3.63, 3.8) is 0 Å². The van der Waals surface area contributed by atoms with Crippen LogP contribution >= 0.6 is 0 Å². The molecule has 1 saturated carbocycles. The van der Waals surface area contributed by atoms with Gasteiger partial charge in [0, 0.05) is 23.8 Å². The summed E-state index contributed by atoms with van der Waals surface area (Å²) in [4.78, 5) is 16.7. The SMILES string of the molecule is CC(C)(C)c1cc2cc[nH]c2cc1NC(=O)C1(c2ccc3c(c2)CCO3)CC1. The first kappa shape index (κ1) is 17.4. The summed E-state index contributed by atoms with van der Waals surface area (Å²) < 4.78 is 5.63. The molecule has 2 N–H and O–H groups in total. The third-order valence-electron chi connectivity index (χ3n) is 6.17. The second-order valence-corrected chi connectivity index (χ2v) is 9.17. The molecule has 0 radical (unpaired) electrons. The number of hydrogen-bond acceptors (Lipinski definition) is 2. The van der Waals surface area contributed by atoms with E-state index in [1.54, 1.807) is 0 Å². The Hall–Kier alpha value is -2.75. The maximum atomic E-state index is 13.4. The van der Waals surface area contributed by atoms with Crippen LogP contribution in [0.1, 0.15) is 50.3 Å². The van der Waals surface area contributed by atoms with Crippen LogP contribution in [0, 0.1) is 0 Å². The number of benzene rings is 2. The van der Waals surface area contributed by atoms with Gasteiger partial charge in [0.2, 0.25) is 5.91 Å². The first-order chi connectivity index (χ1) is 13.4. The van der Waals surface area contributed by atoms with E-state index in [0.717, 1.165) is 53.9 Å². The first-order valence-electron chi connectivity index (χ1n) is 10.1. The number of hydrogen-bond donors (Lipinski definition) is 2. The molecule has 1 amide bonds. The zero-order valence-corrected chi connectivity index (χ0v) is 16.7. The summed E-state index contributed by atoms with van der Waals surface area (Å²) in [6, 6.07) is 12.6. The molecular formula is C24H26N2O2. The standard InChI is InChI=1S/C24H26N2O2/c1-23(2,3)18-13-15-6-10-25-19(15)14-20(18)26-22(27)24(8-9-24)17-4-5-21-16(12-17)7-11-28-21/h4-6,10,12-14,25H,7-9,11H2,1-3H3,(H,26,27). The lowest BCUT2D eigenvalue weighted by atomic mass is 9.84. The Morgan fingerprint density at radius 1 is 1.14 bits per heavy atom. The minimum atomic E-state index is -0.405. The third-order valence-corrected chi connectivity index (χ3v) is 6.17. The average Bonchev–Trinajstić information content (AvgIpc) is 3.11. The molecule has 144 valence electrons. The van der Waals surface area contributed by atoms with Gasteiger partial charge in [-0.05, 0) is 64.6 Å². The molecule has 0 bridgehead atoms. The van der Waals surface area contributed by atoms with Crippen molar-refractivity contribution in [3.05, 3.63) is 59.3 Å². The van der Waals surface area contributed by atoms with Crippen molar-refractivity contribution >= 4 is 22.5 Å². The van der Waals surface area contributed by atoms with Gasteiger partial charge in [0.15, 0.2) is 0 Å². The molecule has 1 aliphatic heterocycles. The second kappa shape index (κ2) is 5.87. The Balaban J connectivity index is 1.50. The number of fused-ring (bicyclic) bond motifs is 2. The van der Waals surface area contributed by atoms with Gasteiger partial charge in [0.1, 0.15) is 5.75 Å². The maximum absolute atomic E-state index is 13.4. The smallest absolute Gasteiger partial charge is 0.235 e. The molecule has 0 unspecified atom stereocenters. The number of aromatic nitrogens is 1. The molecule has 5 rings (SSSR count). The summed E-state index contributed by atoms with van der Waals surface area (Å²) in [5, 5.41) is 4.45. The Labute approximate surface area is 165 Å². The Kier molecular flexibility index (Phi) is 3.64. The molecule has 3 aromatic rings. The quantitative estimate of drug-likeness (QED) is 0.672. The lowest BCUT2D eigenvalue weighted by Crippen LogP contribution is -2.29. The third kappa shape index (κ3) is 2.70. The second-order valence-electron chi connectivity index (χ2n) is 9.17. The average molecular weight is 374 g/mol. The van der Waals surface area contributed by atoms with Crippen LogP contribution in [0.3, 0.4) is 0 Å². The largest absolute Gasteiger partial charge is 0.493 e. The van der Waals surface area contributed by atoms with Gasteiger partial charge in [-0.3, -0.25) is 4.79 Å². The highest BCUT2D eigenvalue weighted by molar-refractivity contribution is 6.03. The number of nitrogens with one attached hydrogen (secondary N) is 2. The lowest BCUT2D eigenvalue weighted by Gasteiger charge is -2.25. The van der Waals surface area contributed by atoms with Gasteiger partial charge in [-0.1, -0.05) is 32.9 Å². The van der Waals surface area contributed by atoms with Gasteiger partial charge in [-0.2, -0.15) is 0 Å². The number of carbonyl (C=O) groups excluding carboxylic acids is 1. The minimum Gasteiger partial charge on any atom is -0.493 e. The predicted octanol–water partition coefficient (Wildman–Crippen LogP) is 5.07. The van der Waals surface area contributed by atoms with Crippen molar-refractivity contribution in [2.45, 2.75) is 50.9 Å². The Morgan fingerprint density at radius 2 is 1.96 bits per heavy atom. The maximum Gasteiger partial charge on any atom is 0.235 e. The van der Waals surface area contributed by atoms with E-state index in [2.05, 4.69) is 61.4 Å². The minimum absolute atomic E-state index is 0.0598. The highest BCUT2D eigenvalue weighted by atomic mass is 16.5. The van der Waals surface area contributed by atoms with Crippen molar-refractivity contribution < 1.29 is 9.53 Å². The number of aromatic amines is 1. The van der Waals surface area contributed by atoms with Gasteiger partial charge >= 0.3 is 0 Å². The number of ether oxygens (including phenoxy) is 1. The first-order valence-corrected chi connectivity index (χ1v) is 10.1. The lowest BCUT2D eigenvalue weighted by molar-refractivity contribution is -0.118. The molecule has 28 heavy (non-hydrogen) atoms. The van der Waals surface area contributed by atoms with Gasteiger partial charge in [0.05, 0.1) is 12.0 Å². The molecule has 2 aliphatic rings. The van der Waals surface area contributed by atoms with Crippen LogP contribution in [0.25, 0.3) is 10.9 Å². The van der Waals surface area contributed by atoms with E-state index >= 15 is 0 Å². The van der Waals surface area contributed by atoms with Crippen LogP contribution < -0.4 is 10.1 Å². The summed E-state index contributed by atoms with van der Waals surface area (Å²) >= 11 is 0. The summed E-state index contributed by atoms with van der Waals surface area (Å²) in [5.41, 5.74) is 4.98. The highest BCUT2D eigenvalue weighted by Gasteiger charge is 2.51. The fourth-order valence-electron chi connectivity index (χ4n) is 4.32. The van der Waals surface area contributed by atoms with Gasteiger partial charge in [0.25, 0.3) is 0 Å². The van der Waals surface area contributed by atoms with E-state index in [4.69, 9.17) is 4.74 Å². The van der Waals surface area contributed by atoms with E-state index in [-0.39, 0.29) is 11.3 Å². The molecule has 1 fully saturated rings. The molecule has 1 aliphatic carbocycles. The van der Waals surface area contributed by atoms with Crippen molar-refractivity contribution in [1.29, 1.82) is 0 Å². The van der Waals surface area contributed by atoms with E-state index in [1.165, 1.54) is 10.9 Å². The Bertz CT molecular complexity index is 1080. The molecule has 0 atom stereocenters. The summed E-state index contributed by atoms with van der Waals surface area (Å²) in [6.45, 7) is 7.29. The summed E-state index contributed by atoms with van der Waals surface area (Å²) in [5.74, 6) is 1.06. The Morgan fingerprint density at radius 3 is 2.71 bits per heavy atom. The number of H-pyrrole nitrogens is 1. The van der Waals surface area contributed by atoms with Crippen LogP contribution in [-0.4, -0.2) is 17.5 Å². The number of rotatable bonds is 3. The number of carbonyl (C=O) groups is 1. The molecule has 4 heteroatoms. The van der Waals surface area contributed by atoms with Crippen molar-refractivity contribution in [3.8, 4) is 5.75 Å². The summed E-state index contributed by atoms with van der Waals surface area (Å²) in [6.07, 6.45) is 4.67. The zero-order valence-electron chi connectivity index (χ0n) is 16.7. The van der Waals surface area contributed by atoms with E-state index in [1.807, 2.05) is 12.3 Å². The van der Waals surface area contributed by atoms with Crippen LogP contribution in [0.2, 0.25) is 0 Å². The van der Waals surface area contributed by atoms with Crippen molar-refractivity contribution in [1.82, 2.24) is 4.98 Å². The fourth-order valence-corrected chi connectivity index (χ4v) is 4.32. The molecule has 2 aromatic carbocycles. The number of anilines is 1. The van der Waals surface area contributed by atoms with Crippen LogP contribution in [0.5, 0.6) is 5.75 Å². The van der Waals surface area contributed by atoms with Gasteiger partial charge < -0.3 is 15.0 Å². The molecular weight excluding hydrogens is 348 g/mol.